The van der Waals surface area contributed by atoms with E-state index in [1.807, 2.05) is 48.7 Å². The van der Waals surface area contributed by atoms with Crippen molar-refractivity contribution in [1.29, 1.82) is 0 Å². The first-order valence-corrected chi connectivity index (χ1v) is 12.7. The highest BCUT2D eigenvalue weighted by atomic mass is 16.8. The zero-order chi connectivity index (χ0) is 26.0. The third-order valence-corrected chi connectivity index (χ3v) is 6.80. The van der Waals surface area contributed by atoms with Crippen molar-refractivity contribution in [3.63, 3.8) is 0 Å². The van der Waals surface area contributed by atoms with Crippen LogP contribution in [-0.2, 0) is 25.5 Å². The molecule has 0 bridgehead atoms. The fourth-order valence-electron chi connectivity index (χ4n) is 5.04. The largest absolute Gasteiger partial charge is 0.382 e. The number of fused-ring (bicyclic) bond motifs is 2. The number of likely N-dealkylation sites (N-methyl/N-ethyl adjacent to an activating group) is 1. The van der Waals surface area contributed by atoms with Crippen molar-refractivity contribution in [2.45, 2.75) is 70.0 Å². The first-order chi connectivity index (χ1) is 17.8. The number of nitrogens with zero attached hydrogens (tertiary/aromatic N) is 5. The van der Waals surface area contributed by atoms with E-state index >= 15 is 0 Å². The number of carbonyl (C=O) groups is 1. The van der Waals surface area contributed by atoms with Crippen LogP contribution in [0.5, 0.6) is 0 Å². The number of rotatable bonds is 10. The zero-order valence-corrected chi connectivity index (χ0v) is 21.5. The van der Waals surface area contributed by atoms with Crippen LogP contribution in [-0.4, -0.2) is 74.6 Å². The summed E-state index contributed by atoms with van der Waals surface area (Å²) < 4.78 is 20.8. The number of nitrogens with one attached hydrogen (secondary N) is 1. The maximum absolute atomic E-state index is 12.2. The Balaban J connectivity index is 1.14. The Hall–Kier alpha value is -3.12. The van der Waals surface area contributed by atoms with Crippen LogP contribution >= 0.6 is 0 Å². The quantitative estimate of drug-likeness (QED) is 0.395. The van der Waals surface area contributed by atoms with Crippen LogP contribution in [0.25, 0.3) is 11.2 Å². The van der Waals surface area contributed by atoms with Crippen LogP contribution in [0.3, 0.4) is 0 Å². The lowest BCUT2D eigenvalue weighted by atomic mass is 10.1. The summed E-state index contributed by atoms with van der Waals surface area (Å²) in [5, 5.41) is 2.99. The Bertz CT molecular complexity index is 1220. The molecule has 37 heavy (non-hydrogen) atoms. The summed E-state index contributed by atoms with van der Waals surface area (Å²) in [6.45, 7) is 5.90. The SMILES string of the molecule is CN(CCCCC(=O)NCc1ccccc1)C[C@H]1O[C@@H](n2cnc3c(N)ncnc32)[C@@H]2OC(C)(C)O[C@@H]21. The highest BCUT2D eigenvalue weighted by molar-refractivity contribution is 5.81. The summed E-state index contributed by atoms with van der Waals surface area (Å²) in [4.78, 5) is 27.2. The predicted molar refractivity (Wildman–Crippen MR) is 137 cm³/mol. The second-order valence-corrected chi connectivity index (χ2v) is 10.2. The van der Waals surface area contributed by atoms with Gasteiger partial charge in [0.1, 0.15) is 30.2 Å². The van der Waals surface area contributed by atoms with Gasteiger partial charge in [0.2, 0.25) is 5.91 Å². The smallest absolute Gasteiger partial charge is 0.220 e. The van der Waals surface area contributed by atoms with E-state index in [-0.39, 0.29) is 24.2 Å². The molecule has 0 unspecified atom stereocenters. The number of benzene rings is 1. The first-order valence-electron chi connectivity index (χ1n) is 12.7. The molecule has 3 N–H and O–H groups in total. The van der Waals surface area contributed by atoms with Gasteiger partial charge in [-0.25, -0.2) is 15.0 Å². The van der Waals surface area contributed by atoms with E-state index in [4.69, 9.17) is 19.9 Å². The van der Waals surface area contributed by atoms with Crippen molar-refractivity contribution >= 4 is 22.9 Å². The number of hydrogen-bond donors (Lipinski definition) is 2. The van der Waals surface area contributed by atoms with Gasteiger partial charge in [0.05, 0.1) is 6.33 Å². The average molecular weight is 510 g/mol. The molecule has 198 valence electrons. The number of nitrogen functional groups attached to an aromatic ring is 1. The Morgan fingerprint density at radius 2 is 1.92 bits per heavy atom. The van der Waals surface area contributed by atoms with Gasteiger partial charge in [0, 0.05) is 19.5 Å². The average Bonchev–Trinajstić information content (AvgIpc) is 3.53. The van der Waals surface area contributed by atoms with Crippen LogP contribution in [0, 0.1) is 0 Å². The number of ether oxygens (including phenoxy) is 3. The molecule has 4 atom stereocenters. The summed E-state index contributed by atoms with van der Waals surface area (Å²) in [5.74, 6) is -0.314. The lowest BCUT2D eigenvalue weighted by Gasteiger charge is -2.27. The van der Waals surface area contributed by atoms with Crippen LogP contribution in [0.15, 0.2) is 43.0 Å². The fourth-order valence-corrected chi connectivity index (χ4v) is 5.04. The van der Waals surface area contributed by atoms with E-state index in [1.54, 1.807) is 6.33 Å². The second-order valence-electron chi connectivity index (χ2n) is 10.2. The normalized spacial score (nSPS) is 24.5. The maximum Gasteiger partial charge on any atom is 0.220 e. The van der Waals surface area contributed by atoms with Gasteiger partial charge in [-0.1, -0.05) is 30.3 Å². The minimum absolute atomic E-state index is 0.0760. The molecule has 5 rings (SSSR count). The van der Waals surface area contributed by atoms with Gasteiger partial charge < -0.3 is 30.2 Å². The number of unbranched alkanes of at least 4 members (excludes halogenated alkanes) is 1. The Kier molecular flexibility index (Phi) is 7.38. The lowest BCUT2D eigenvalue weighted by Crippen LogP contribution is -2.38. The van der Waals surface area contributed by atoms with Gasteiger partial charge in [-0.05, 0) is 45.8 Å². The minimum Gasteiger partial charge on any atom is -0.382 e. The molecule has 0 aliphatic carbocycles. The topological polar surface area (TPSA) is 130 Å². The number of anilines is 1. The number of hydrogen-bond acceptors (Lipinski definition) is 9. The summed E-state index contributed by atoms with van der Waals surface area (Å²) in [6, 6.07) is 9.93. The Morgan fingerprint density at radius 1 is 1.14 bits per heavy atom. The molecule has 2 aliphatic heterocycles. The first kappa shape index (κ1) is 25.5. The predicted octanol–water partition coefficient (Wildman–Crippen LogP) is 2.24. The molecule has 11 nitrogen and oxygen atoms in total. The fraction of sp³-hybridized carbons (Fsp3) is 0.538. The van der Waals surface area contributed by atoms with Gasteiger partial charge in [-0.15, -0.1) is 0 Å². The molecular weight excluding hydrogens is 474 g/mol. The molecule has 2 aromatic heterocycles. The van der Waals surface area contributed by atoms with Crippen molar-refractivity contribution < 1.29 is 19.0 Å². The van der Waals surface area contributed by atoms with Crippen LogP contribution in [0.4, 0.5) is 5.82 Å². The van der Waals surface area contributed by atoms with E-state index in [9.17, 15) is 4.79 Å². The highest BCUT2D eigenvalue weighted by Gasteiger charge is 2.56. The van der Waals surface area contributed by atoms with Gasteiger partial charge in [-0.3, -0.25) is 9.36 Å². The molecule has 2 saturated heterocycles. The van der Waals surface area contributed by atoms with E-state index in [1.165, 1.54) is 6.33 Å². The molecule has 0 spiro atoms. The molecule has 0 saturated carbocycles. The van der Waals surface area contributed by atoms with E-state index in [0.717, 1.165) is 24.9 Å². The maximum atomic E-state index is 12.2. The number of aromatic nitrogens is 4. The van der Waals surface area contributed by atoms with Crippen LogP contribution < -0.4 is 11.1 Å². The van der Waals surface area contributed by atoms with Crippen molar-refractivity contribution in [1.82, 2.24) is 29.7 Å². The van der Waals surface area contributed by atoms with Crippen molar-refractivity contribution in [2.75, 3.05) is 25.9 Å². The van der Waals surface area contributed by atoms with Gasteiger partial charge >= 0.3 is 0 Å². The number of imidazole rings is 1. The molecule has 1 amide bonds. The van der Waals surface area contributed by atoms with Crippen LogP contribution in [0.1, 0.15) is 44.9 Å². The summed E-state index contributed by atoms with van der Waals surface area (Å²) in [6.07, 6.45) is 4.14. The molecular formula is C26H35N7O4. The van der Waals surface area contributed by atoms with Crippen molar-refractivity contribution in [3.05, 3.63) is 48.5 Å². The van der Waals surface area contributed by atoms with Gasteiger partial charge in [0.15, 0.2) is 23.5 Å². The van der Waals surface area contributed by atoms with Gasteiger partial charge in [-0.2, -0.15) is 0 Å². The molecule has 2 fully saturated rings. The molecule has 2 aliphatic rings. The second kappa shape index (κ2) is 10.7. The third kappa shape index (κ3) is 5.74. The van der Waals surface area contributed by atoms with E-state index < -0.39 is 12.0 Å². The molecule has 11 heteroatoms. The number of nitrogens with two attached hydrogens (primary N) is 1. The minimum atomic E-state index is -0.717. The number of carbonyl (C=O) groups excluding carboxylic acids is 1. The highest BCUT2D eigenvalue weighted by Crippen LogP contribution is 2.44. The molecule has 4 heterocycles. The molecule has 1 aromatic carbocycles. The van der Waals surface area contributed by atoms with E-state index in [0.29, 0.717) is 36.5 Å². The third-order valence-electron chi connectivity index (χ3n) is 6.80. The van der Waals surface area contributed by atoms with Crippen LogP contribution in [0.2, 0.25) is 0 Å². The summed E-state index contributed by atoms with van der Waals surface area (Å²) >= 11 is 0. The van der Waals surface area contributed by atoms with Crippen molar-refractivity contribution in [3.8, 4) is 0 Å². The monoisotopic (exact) mass is 509 g/mol. The standard InChI is InChI=1S/C26H35N7O4/c1-26(2)36-21-18(14-32(3)12-8-7-11-19(34)28-13-17-9-5-4-6-10-17)35-25(22(21)37-26)33-16-31-20-23(27)29-15-30-24(20)33/h4-6,9-10,15-16,18,21-22,25H,7-8,11-14H2,1-3H3,(H,28,34)(H2,27,29,30)/t18-,21-,22-,25-/m1/s1. The Morgan fingerprint density at radius 3 is 2.73 bits per heavy atom. The lowest BCUT2D eigenvalue weighted by molar-refractivity contribution is -0.197. The van der Waals surface area contributed by atoms with E-state index in [2.05, 4.69) is 32.2 Å². The Labute approximate surface area is 216 Å². The molecule has 0 radical (unpaired) electrons. The zero-order valence-electron chi connectivity index (χ0n) is 21.5. The van der Waals surface area contributed by atoms with Gasteiger partial charge in [0.25, 0.3) is 0 Å². The molecule has 3 aromatic rings. The number of amides is 1. The summed E-state index contributed by atoms with van der Waals surface area (Å²) in [7, 11) is 2.06. The summed E-state index contributed by atoms with van der Waals surface area (Å²) in [5.41, 5.74) is 8.21. The van der Waals surface area contributed by atoms with Crippen molar-refractivity contribution in [2.24, 2.45) is 0 Å².